The number of H-pyrrole nitrogens is 1. The minimum atomic E-state index is -0.167. The fraction of sp³-hybridized carbons (Fsp3) is 0.308. The maximum Gasteiger partial charge on any atom is 0.251 e. The van der Waals surface area contributed by atoms with Crippen molar-refractivity contribution in [2.24, 2.45) is 0 Å². The molecule has 0 amide bonds. The number of halogens is 2. The molecule has 2 heterocycles. The summed E-state index contributed by atoms with van der Waals surface area (Å²) in [4.78, 5) is 23.2. The van der Waals surface area contributed by atoms with Crippen molar-refractivity contribution >= 4 is 31.9 Å². The molecule has 0 aliphatic heterocycles. The maximum atomic E-state index is 11.7. The first kappa shape index (κ1) is 13.9. The van der Waals surface area contributed by atoms with Crippen molar-refractivity contribution < 1.29 is 0 Å². The van der Waals surface area contributed by atoms with E-state index in [9.17, 15) is 4.79 Å². The predicted molar refractivity (Wildman–Crippen MR) is 83.4 cm³/mol. The molecule has 1 aliphatic carbocycles. The first-order valence-electron chi connectivity index (χ1n) is 6.27. The first-order valence-corrected chi connectivity index (χ1v) is 7.85. The molecule has 0 saturated heterocycles. The summed E-state index contributed by atoms with van der Waals surface area (Å²) in [5.74, 6) is 0.476. The summed E-state index contributed by atoms with van der Waals surface area (Å²) < 4.78 is 1.64. The number of hydrogen-bond acceptors (Lipinski definition) is 4. The molecule has 2 aromatic heterocycles. The molecule has 0 aromatic carbocycles. The van der Waals surface area contributed by atoms with Crippen molar-refractivity contribution in [3.05, 3.63) is 43.3 Å². The molecule has 0 atom stereocenters. The van der Waals surface area contributed by atoms with Gasteiger partial charge in [-0.1, -0.05) is 0 Å². The van der Waals surface area contributed by atoms with E-state index in [0.717, 1.165) is 14.6 Å². The van der Waals surface area contributed by atoms with E-state index in [0.29, 0.717) is 24.1 Å². The molecule has 5 nitrogen and oxygen atoms in total. The lowest BCUT2D eigenvalue weighted by Gasteiger charge is -2.06. The van der Waals surface area contributed by atoms with Gasteiger partial charge in [-0.25, -0.2) is 4.98 Å². The summed E-state index contributed by atoms with van der Waals surface area (Å²) in [6.07, 6.45) is 4.08. The van der Waals surface area contributed by atoms with Crippen LogP contribution in [0.25, 0.3) is 11.5 Å². The minimum absolute atomic E-state index is 0.167. The fourth-order valence-corrected chi connectivity index (χ4v) is 3.01. The largest absolute Gasteiger partial charge is 0.308 e. The van der Waals surface area contributed by atoms with E-state index in [1.54, 1.807) is 6.20 Å². The quantitative estimate of drug-likeness (QED) is 0.828. The van der Waals surface area contributed by atoms with Crippen molar-refractivity contribution in [3.63, 3.8) is 0 Å². The van der Waals surface area contributed by atoms with E-state index >= 15 is 0 Å². The molecule has 20 heavy (non-hydrogen) atoms. The van der Waals surface area contributed by atoms with E-state index in [4.69, 9.17) is 0 Å². The summed E-state index contributed by atoms with van der Waals surface area (Å²) in [6, 6.07) is 3.97. The van der Waals surface area contributed by atoms with E-state index in [-0.39, 0.29) is 5.56 Å². The van der Waals surface area contributed by atoms with Gasteiger partial charge in [0, 0.05) is 33.8 Å². The highest BCUT2D eigenvalue weighted by molar-refractivity contribution is 9.11. The maximum absolute atomic E-state index is 11.7. The fourth-order valence-electron chi connectivity index (χ4n) is 1.84. The van der Waals surface area contributed by atoms with Crippen LogP contribution in [0.3, 0.4) is 0 Å². The normalized spacial score (nSPS) is 14.5. The van der Waals surface area contributed by atoms with E-state index < -0.39 is 0 Å². The van der Waals surface area contributed by atoms with Gasteiger partial charge < -0.3 is 10.3 Å². The molecule has 2 N–H and O–H groups in total. The zero-order valence-electron chi connectivity index (χ0n) is 10.5. The van der Waals surface area contributed by atoms with Gasteiger partial charge in [0.05, 0.1) is 5.69 Å². The van der Waals surface area contributed by atoms with Crippen LogP contribution in [0.2, 0.25) is 0 Å². The van der Waals surface area contributed by atoms with Crippen LogP contribution >= 0.6 is 31.9 Å². The Kier molecular flexibility index (Phi) is 4.00. The second-order valence-corrected chi connectivity index (χ2v) is 6.49. The molecule has 7 heteroatoms. The van der Waals surface area contributed by atoms with Gasteiger partial charge in [0.25, 0.3) is 5.56 Å². The van der Waals surface area contributed by atoms with Crippen LogP contribution in [0.5, 0.6) is 0 Å². The molecule has 0 radical (unpaired) electrons. The standard InChI is InChI=1S/C13H12Br2N4O/c14-7-3-10(15)12(17-5-7)13-18-9(4-11(20)19-13)6-16-8-1-2-8/h3-5,8,16H,1-2,6H2,(H,18,19,20). The summed E-state index contributed by atoms with van der Waals surface area (Å²) in [5, 5.41) is 3.35. The Hall–Kier alpha value is -1.05. The Morgan fingerprint density at radius 3 is 2.85 bits per heavy atom. The van der Waals surface area contributed by atoms with Gasteiger partial charge >= 0.3 is 0 Å². The van der Waals surface area contributed by atoms with Crippen LogP contribution in [0.1, 0.15) is 18.5 Å². The lowest BCUT2D eigenvalue weighted by Crippen LogP contribution is -2.19. The van der Waals surface area contributed by atoms with Gasteiger partial charge in [-0.3, -0.25) is 9.78 Å². The highest BCUT2D eigenvalue weighted by Crippen LogP contribution is 2.25. The van der Waals surface area contributed by atoms with Crippen molar-refractivity contribution in [1.29, 1.82) is 0 Å². The molecule has 104 valence electrons. The Morgan fingerprint density at radius 2 is 2.15 bits per heavy atom. The third-order valence-electron chi connectivity index (χ3n) is 2.98. The number of aromatic nitrogens is 3. The van der Waals surface area contributed by atoms with Gasteiger partial charge in [0.15, 0.2) is 5.82 Å². The molecule has 0 bridgehead atoms. The molecule has 1 saturated carbocycles. The van der Waals surface area contributed by atoms with Crippen LogP contribution in [0, 0.1) is 0 Å². The van der Waals surface area contributed by atoms with Crippen LogP contribution in [-0.2, 0) is 6.54 Å². The summed E-state index contributed by atoms with van der Waals surface area (Å²) in [7, 11) is 0. The van der Waals surface area contributed by atoms with Gasteiger partial charge in [0.2, 0.25) is 0 Å². The number of rotatable bonds is 4. The van der Waals surface area contributed by atoms with Gasteiger partial charge in [0.1, 0.15) is 5.69 Å². The van der Waals surface area contributed by atoms with Gasteiger partial charge in [-0.15, -0.1) is 0 Å². The van der Waals surface area contributed by atoms with Crippen LogP contribution < -0.4 is 10.9 Å². The van der Waals surface area contributed by atoms with Gasteiger partial charge in [-0.05, 0) is 50.8 Å². The van der Waals surface area contributed by atoms with Crippen LogP contribution in [-0.4, -0.2) is 21.0 Å². The smallest absolute Gasteiger partial charge is 0.251 e. The molecular formula is C13H12Br2N4O. The highest BCUT2D eigenvalue weighted by Gasteiger charge is 2.20. The molecule has 0 spiro atoms. The lowest BCUT2D eigenvalue weighted by molar-refractivity contribution is 0.672. The Bertz CT molecular complexity index is 697. The monoisotopic (exact) mass is 398 g/mol. The van der Waals surface area contributed by atoms with Gasteiger partial charge in [-0.2, -0.15) is 0 Å². The average Bonchev–Trinajstić information content (AvgIpc) is 3.19. The summed E-state index contributed by atoms with van der Waals surface area (Å²) in [5.41, 5.74) is 1.19. The SMILES string of the molecule is O=c1cc(CNC2CC2)nc(-c2ncc(Br)cc2Br)[nH]1. The highest BCUT2D eigenvalue weighted by atomic mass is 79.9. The number of nitrogens with one attached hydrogen (secondary N) is 2. The average molecular weight is 400 g/mol. The topological polar surface area (TPSA) is 70.7 Å². The number of pyridine rings is 1. The zero-order valence-corrected chi connectivity index (χ0v) is 13.7. The number of hydrogen-bond donors (Lipinski definition) is 2. The second kappa shape index (κ2) is 5.75. The third-order valence-corrected chi connectivity index (χ3v) is 4.01. The van der Waals surface area contributed by atoms with Crippen LogP contribution in [0.15, 0.2) is 32.1 Å². The van der Waals surface area contributed by atoms with Crippen molar-refractivity contribution in [3.8, 4) is 11.5 Å². The molecule has 3 rings (SSSR count). The van der Waals surface area contributed by atoms with E-state index in [1.807, 2.05) is 6.07 Å². The Balaban J connectivity index is 1.93. The summed E-state index contributed by atoms with van der Waals surface area (Å²) in [6.45, 7) is 0.607. The molecule has 0 unspecified atom stereocenters. The Morgan fingerprint density at radius 1 is 1.35 bits per heavy atom. The first-order chi connectivity index (χ1) is 9.61. The van der Waals surface area contributed by atoms with Crippen LogP contribution in [0.4, 0.5) is 0 Å². The number of nitrogens with zero attached hydrogens (tertiary/aromatic N) is 2. The molecule has 2 aromatic rings. The molecule has 1 aliphatic rings. The second-order valence-electron chi connectivity index (χ2n) is 4.72. The molecular weight excluding hydrogens is 388 g/mol. The summed E-state index contributed by atoms with van der Waals surface area (Å²) >= 11 is 6.79. The third kappa shape index (κ3) is 3.34. The Labute approximate surface area is 132 Å². The molecule has 1 fully saturated rings. The lowest BCUT2D eigenvalue weighted by atomic mass is 10.3. The van der Waals surface area contributed by atoms with Crippen molar-refractivity contribution in [2.45, 2.75) is 25.4 Å². The number of aromatic amines is 1. The van der Waals surface area contributed by atoms with E-state index in [1.165, 1.54) is 18.9 Å². The predicted octanol–water partition coefficient (Wildman–Crippen LogP) is 2.61. The minimum Gasteiger partial charge on any atom is -0.308 e. The van der Waals surface area contributed by atoms with E-state index in [2.05, 4.69) is 52.1 Å². The zero-order chi connectivity index (χ0) is 14.1. The van der Waals surface area contributed by atoms with Crippen molar-refractivity contribution in [2.75, 3.05) is 0 Å². The van der Waals surface area contributed by atoms with Crippen molar-refractivity contribution in [1.82, 2.24) is 20.3 Å².